The molecule has 0 fully saturated rings. The molecule has 1 aliphatic heterocycles. The summed E-state index contributed by atoms with van der Waals surface area (Å²) in [4.78, 5) is 27.5. The molecule has 0 amide bonds. The van der Waals surface area contributed by atoms with Gasteiger partial charge < -0.3 is 19.3 Å². The summed E-state index contributed by atoms with van der Waals surface area (Å²) in [6, 6.07) is 19.6. The molecule has 6 nitrogen and oxygen atoms in total. The molecule has 0 atom stereocenters. The van der Waals surface area contributed by atoms with E-state index in [2.05, 4.69) is 33.8 Å². The SMILES string of the molecule is CCCCCc1cc(O)c(-c2cc(C)ccc2C(C)C)c(OC(=O)C(=O)Oc2cc(CCCCC)cc3c2-c2cc(C)ccc2C(C)(C)O3)c1. The van der Waals surface area contributed by atoms with Crippen LogP contribution in [0.2, 0.25) is 0 Å². The Hall–Kier alpha value is -4.58. The molecule has 0 saturated carbocycles. The van der Waals surface area contributed by atoms with Crippen molar-refractivity contribution in [1.29, 1.82) is 0 Å². The van der Waals surface area contributed by atoms with E-state index in [4.69, 9.17) is 14.2 Å². The van der Waals surface area contributed by atoms with Crippen molar-refractivity contribution in [2.45, 2.75) is 118 Å². The second kappa shape index (κ2) is 15.5. The molecular formula is C44H52O6. The van der Waals surface area contributed by atoms with Crippen molar-refractivity contribution in [3.05, 3.63) is 94.0 Å². The minimum Gasteiger partial charge on any atom is -0.507 e. The monoisotopic (exact) mass is 676 g/mol. The van der Waals surface area contributed by atoms with Crippen LogP contribution in [0.5, 0.6) is 23.0 Å². The lowest BCUT2D eigenvalue weighted by atomic mass is 9.84. The van der Waals surface area contributed by atoms with E-state index in [0.29, 0.717) is 23.3 Å². The molecule has 4 aromatic rings. The van der Waals surface area contributed by atoms with E-state index in [0.717, 1.165) is 89.5 Å². The second-order valence-electron chi connectivity index (χ2n) is 14.6. The molecular weight excluding hydrogens is 624 g/mol. The van der Waals surface area contributed by atoms with Crippen molar-refractivity contribution < 1.29 is 28.9 Å². The van der Waals surface area contributed by atoms with Crippen LogP contribution in [-0.2, 0) is 28.0 Å². The van der Waals surface area contributed by atoms with Crippen LogP contribution in [0.15, 0.2) is 60.7 Å². The number of ether oxygens (including phenoxy) is 3. The summed E-state index contributed by atoms with van der Waals surface area (Å²) < 4.78 is 18.4. The molecule has 1 N–H and O–H groups in total. The molecule has 50 heavy (non-hydrogen) atoms. The first kappa shape index (κ1) is 36.7. The maximum atomic E-state index is 13.7. The number of esters is 2. The average Bonchev–Trinajstić information content (AvgIpc) is 3.04. The fraction of sp³-hybridized carbons (Fsp3) is 0.409. The first-order chi connectivity index (χ1) is 23.8. The Balaban J connectivity index is 1.55. The maximum absolute atomic E-state index is 13.7. The van der Waals surface area contributed by atoms with Crippen LogP contribution in [0.3, 0.4) is 0 Å². The Labute approximate surface area is 297 Å². The number of carbonyl (C=O) groups excluding carboxylic acids is 2. The number of fused-ring (bicyclic) bond motifs is 3. The van der Waals surface area contributed by atoms with E-state index < -0.39 is 17.5 Å². The predicted octanol–water partition coefficient (Wildman–Crippen LogP) is 11.1. The van der Waals surface area contributed by atoms with E-state index in [1.807, 2.05) is 70.2 Å². The van der Waals surface area contributed by atoms with Gasteiger partial charge in [-0.1, -0.05) is 101 Å². The van der Waals surface area contributed by atoms with E-state index in [-0.39, 0.29) is 23.2 Å². The minimum absolute atomic E-state index is 0.00301. The summed E-state index contributed by atoms with van der Waals surface area (Å²) in [5, 5.41) is 11.5. The number of unbranched alkanes of at least 4 members (excludes halogenated alkanes) is 4. The van der Waals surface area contributed by atoms with Crippen molar-refractivity contribution in [1.82, 2.24) is 0 Å². The average molecular weight is 677 g/mol. The van der Waals surface area contributed by atoms with Crippen molar-refractivity contribution in [2.24, 2.45) is 0 Å². The molecule has 4 aromatic carbocycles. The van der Waals surface area contributed by atoms with Gasteiger partial charge in [-0.25, -0.2) is 9.59 Å². The van der Waals surface area contributed by atoms with Crippen molar-refractivity contribution in [3.63, 3.8) is 0 Å². The molecule has 6 heteroatoms. The molecule has 0 aromatic heterocycles. The second-order valence-corrected chi connectivity index (χ2v) is 14.6. The molecule has 1 heterocycles. The highest BCUT2D eigenvalue weighted by atomic mass is 16.6. The predicted molar refractivity (Wildman–Crippen MR) is 200 cm³/mol. The summed E-state index contributed by atoms with van der Waals surface area (Å²) >= 11 is 0. The minimum atomic E-state index is -1.17. The Morgan fingerprint density at radius 1 is 0.720 bits per heavy atom. The third-order valence-corrected chi connectivity index (χ3v) is 9.54. The largest absolute Gasteiger partial charge is 0.507 e. The lowest BCUT2D eigenvalue weighted by molar-refractivity contribution is -0.156. The van der Waals surface area contributed by atoms with E-state index in [1.54, 1.807) is 12.1 Å². The van der Waals surface area contributed by atoms with Gasteiger partial charge in [-0.15, -0.1) is 0 Å². The molecule has 0 spiro atoms. The van der Waals surface area contributed by atoms with Crippen LogP contribution in [0.25, 0.3) is 22.3 Å². The van der Waals surface area contributed by atoms with Gasteiger partial charge in [-0.3, -0.25) is 0 Å². The fourth-order valence-corrected chi connectivity index (χ4v) is 6.92. The number of phenolic OH excluding ortho intramolecular Hbond substituents is 1. The molecule has 0 bridgehead atoms. The van der Waals surface area contributed by atoms with Gasteiger partial charge in [-0.2, -0.15) is 0 Å². The third-order valence-electron chi connectivity index (χ3n) is 9.54. The zero-order chi connectivity index (χ0) is 36.2. The topological polar surface area (TPSA) is 82.1 Å². The zero-order valence-corrected chi connectivity index (χ0v) is 31.0. The van der Waals surface area contributed by atoms with Crippen LogP contribution < -0.4 is 14.2 Å². The summed E-state index contributed by atoms with van der Waals surface area (Å²) in [5.74, 6) is -1.16. The van der Waals surface area contributed by atoms with Crippen LogP contribution in [-0.4, -0.2) is 17.0 Å². The van der Waals surface area contributed by atoms with Crippen molar-refractivity contribution >= 4 is 11.9 Å². The lowest BCUT2D eigenvalue weighted by Gasteiger charge is -2.36. The number of hydrogen-bond acceptors (Lipinski definition) is 6. The normalized spacial score (nSPS) is 13.0. The molecule has 264 valence electrons. The summed E-state index contributed by atoms with van der Waals surface area (Å²) in [7, 11) is 0. The van der Waals surface area contributed by atoms with Crippen molar-refractivity contribution in [2.75, 3.05) is 0 Å². The Bertz CT molecular complexity index is 1840. The highest BCUT2D eigenvalue weighted by molar-refractivity contribution is 6.31. The van der Waals surface area contributed by atoms with Gasteiger partial charge >= 0.3 is 11.9 Å². The zero-order valence-electron chi connectivity index (χ0n) is 31.0. The highest BCUT2D eigenvalue weighted by Gasteiger charge is 2.36. The van der Waals surface area contributed by atoms with Crippen LogP contribution in [0.4, 0.5) is 0 Å². The van der Waals surface area contributed by atoms with Crippen molar-refractivity contribution in [3.8, 4) is 45.3 Å². The van der Waals surface area contributed by atoms with Crippen LogP contribution in [0.1, 0.15) is 119 Å². The quantitative estimate of drug-likeness (QED) is 0.0696. The van der Waals surface area contributed by atoms with Gasteiger partial charge in [0.15, 0.2) is 0 Å². The Morgan fingerprint density at radius 2 is 1.26 bits per heavy atom. The number of aromatic hydroxyl groups is 1. The van der Waals surface area contributed by atoms with Gasteiger partial charge in [0.25, 0.3) is 0 Å². The maximum Gasteiger partial charge on any atom is 0.423 e. The van der Waals surface area contributed by atoms with Gasteiger partial charge in [0.05, 0.1) is 11.1 Å². The summed E-state index contributed by atoms with van der Waals surface area (Å²) in [6.07, 6.45) is 7.61. The van der Waals surface area contributed by atoms with Gasteiger partial charge in [0, 0.05) is 5.56 Å². The van der Waals surface area contributed by atoms with E-state index in [1.165, 1.54) is 0 Å². The number of hydrogen-bond donors (Lipinski definition) is 1. The molecule has 0 radical (unpaired) electrons. The number of phenols is 1. The number of carbonyl (C=O) groups is 2. The first-order valence-electron chi connectivity index (χ1n) is 18.2. The number of aryl methyl sites for hydroxylation is 4. The standard InChI is InChI=1S/C44H52O6/c1-9-11-13-15-30-23-36(45)40(33-21-28(5)17-19-32(33)27(3)4)37(24-30)48-42(46)43(47)49-38-25-31(16-14-12-10-2)26-39-41(38)34-22-29(6)18-20-35(34)44(7,8)50-39/h17-27,45H,9-16H2,1-8H3. The molecule has 0 aliphatic carbocycles. The van der Waals surface area contributed by atoms with Gasteiger partial charge in [-0.05, 0) is 111 Å². The van der Waals surface area contributed by atoms with E-state index >= 15 is 0 Å². The highest BCUT2D eigenvalue weighted by Crippen LogP contribution is 2.50. The number of rotatable bonds is 12. The molecule has 1 aliphatic rings. The molecule has 0 saturated heterocycles. The third kappa shape index (κ3) is 8.07. The van der Waals surface area contributed by atoms with Crippen LogP contribution in [0, 0.1) is 13.8 Å². The summed E-state index contributed by atoms with van der Waals surface area (Å²) in [5.41, 5.74) is 7.88. The summed E-state index contributed by atoms with van der Waals surface area (Å²) in [6.45, 7) is 16.5. The smallest absolute Gasteiger partial charge is 0.423 e. The Morgan fingerprint density at radius 3 is 1.84 bits per heavy atom. The first-order valence-corrected chi connectivity index (χ1v) is 18.2. The van der Waals surface area contributed by atoms with Gasteiger partial charge in [0.1, 0.15) is 28.6 Å². The van der Waals surface area contributed by atoms with E-state index in [9.17, 15) is 14.7 Å². The van der Waals surface area contributed by atoms with Crippen LogP contribution >= 0.6 is 0 Å². The van der Waals surface area contributed by atoms with Gasteiger partial charge in [0.2, 0.25) is 0 Å². The lowest BCUT2D eigenvalue weighted by Crippen LogP contribution is -2.30. The molecule has 5 rings (SSSR count). The molecule has 0 unspecified atom stereocenters. The Kier molecular flexibility index (Phi) is 11.4. The fourth-order valence-electron chi connectivity index (χ4n) is 6.92. The number of benzene rings is 4.